The Morgan fingerprint density at radius 2 is 1.90 bits per heavy atom. The number of amides is 1. The van der Waals surface area contributed by atoms with Gasteiger partial charge in [-0.05, 0) is 12.1 Å². The second-order valence-electron chi connectivity index (χ2n) is 3.89. The van der Waals surface area contributed by atoms with Crippen LogP contribution in [0, 0.1) is 11.6 Å². The molecule has 0 aliphatic carbocycles. The highest BCUT2D eigenvalue weighted by molar-refractivity contribution is 6.33. The van der Waals surface area contributed by atoms with Crippen molar-refractivity contribution in [2.24, 2.45) is 0 Å². The lowest BCUT2D eigenvalue weighted by Crippen LogP contribution is -2.42. The van der Waals surface area contributed by atoms with E-state index in [9.17, 15) is 23.2 Å². The standard InChI is InChI=1S/C12H10ClF2NO5/c1-21-10(17)4-9(12(19)20)16-11(18)5-2-7(14)8(15)3-6(5)13/h2-3,9H,4H2,1H3,(H,16,18)(H,19,20)/t9-/m0/s1. The maximum absolute atomic E-state index is 13.1. The second kappa shape index (κ2) is 6.98. The third kappa shape index (κ3) is 4.38. The Kier molecular flexibility index (Phi) is 5.60. The van der Waals surface area contributed by atoms with Crippen LogP contribution in [0.2, 0.25) is 5.02 Å². The number of carboxylic acids is 1. The summed E-state index contributed by atoms with van der Waals surface area (Å²) in [6.45, 7) is 0. The van der Waals surface area contributed by atoms with Crippen molar-refractivity contribution in [3.63, 3.8) is 0 Å². The molecule has 6 nitrogen and oxygen atoms in total. The van der Waals surface area contributed by atoms with Crippen LogP contribution in [-0.4, -0.2) is 36.1 Å². The first-order valence-electron chi connectivity index (χ1n) is 5.51. The van der Waals surface area contributed by atoms with E-state index in [4.69, 9.17) is 16.7 Å². The fraction of sp³-hybridized carbons (Fsp3) is 0.250. The SMILES string of the molecule is COC(=O)C[C@H](NC(=O)c1cc(F)c(F)cc1Cl)C(=O)O. The fourth-order valence-corrected chi connectivity index (χ4v) is 1.62. The molecule has 0 aliphatic rings. The number of aliphatic carboxylic acids is 1. The molecule has 2 N–H and O–H groups in total. The van der Waals surface area contributed by atoms with Crippen LogP contribution in [0.1, 0.15) is 16.8 Å². The third-order valence-electron chi connectivity index (χ3n) is 2.46. The molecule has 114 valence electrons. The Bertz CT molecular complexity index is 593. The highest BCUT2D eigenvalue weighted by Gasteiger charge is 2.25. The van der Waals surface area contributed by atoms with Crippen LogP contribution in [0.3, 0.4) is 0 Å². The van der Waals surface area contributed by atoms with Gasteiger partial charge in [-0.3, -0.25) is 9.59 Å². The molecule has 0 spiro atoms. The fourth-order valence-electron chi connectivity index (χ4n) is 1.38. The average molecular weight is 322 g/mol. The Labute approximate surface area is 122 Å². The van der Waals surface area contributed by atoms with Crippen LogP contribution in [0.25, 0.3) is 0 Å². The van der Waals surface area contributed by atoms with E-state index in [0.717, 1.165) is 7.11 Å². The molecule has 0 bridgehead atoms. The maximum atomic E-state index is 13.1. The third-order valence-corrected chi connectivity index (χ3v) is 2.77. The van der Waals surface area contributed by atoms with Crippen molar-refractivity contribution in [3.05, 3.63) is 34.4 Å². The molecule has 1 amide bonds. The van der Waals surface area contributed by atoms with Crippen LogP contribution in [0.15, 0.2) is 12.1 Å². The minimum atomic E-state index is -1.59. The molecule has 21 heavy (non-hydrogen) atoms. The molecule has 0 aliphatic heterocycles. The van der Waals surface area contributed by atoms with E-state index in [2.05, 4.69) is 4.74 Å². The van der Waals surface area contributed by atoms with Gasteiger partial charge in [0.05, 0.1) is 24.1 Å². The largest absolute Gasteiger partial charge is 0.480 e. The van der Waals surface area contributed by atoms with Gasteiger partial charge >= 0.3 is 11.9 Å². The second-order valence-corrected chi connectivity index (χ2v) is 4.30. The number of benzene rings is 1. The number of carbonyl (C=O) groups excluding carboxylic acids is 2. The van der Waals surface area contributed by atoms with Crippen LogP contribution in [0.5, 0.6) is 0 Å². The summed E-state index contributed by atoms with van der Waals surface area (Å²) in [7, 11) is 1.05. The molecule has 1 atom stereocenters. The summed E-state index contributed by atoms with van der Waals surface area (Å²) in [5, 5.41) is 10.5. The predicted molar refractivity (Wildman–Crippen MR) is 66.9 cm³/mol. The quantitative estimate of drug-likeness (QED) is 0.631. The number of ether oxygens (including phenoxy) is 1. The summed E-state index contributed by atoms with van der Waals surface area (Å²) in [4.78, 5) is 33.8. The monoisotopic (exact) mass is 321 g/mol. The van der Waals surface area contributed by atoms with Crippen LogP contribution < -0.4 is 5.32 Å². The molecule has 1 aromatic carbocycles. The summed E-state index contributed by atoms with van der Waals surface area (Å²) in [5.41, 5.74) is -0.452. The Morgan fingerprint density at radius 1 is 1.33 bits per heavy atom. The van der Waals surface area contributed by atoms with E-state index in [1.807, 2.05) is 5.32 Å². The van der Waals surface area contributed by atoms with Crippen molar-refractivity contribution in [2.75, 3.05) is 7.11 Å². The number of halogens is 3. The van der Waals surface area contributed by atoms with Gasteiger partial charge in [0.25, 0.3) is 5.91 Å². The van der Waals surface area contributed by atoms with Gasteiger partial charge in [0, 0.05) is 0 Å². The van der Waals surface area contributed by atoms with Gasteiger partial charge in [0.2, 0.25) is 0 Å². The van der Waals surface area contributed by atoms with Crippen molar-refractivity contribution in [3.8, 4) is 0 Å². The number of hydrogen-bond donors (Lipinski definition) is 2. The molecule has 1 aromatic rings. The van der Waals surface area contributed by atoms with Gasteiger partial charge in [-0.25, -0.2) is 13.6 Å². The summed E-state index contributed by atoms with van der Waals surface area (Å²) in [5.74, 6) is -5.98. The van der Waals surface area contributed by atoms with E-state index in [1.54, 1.807) is 0 Å². The Balaban J connectivity index is 2.95. The summed E-state index contributed by atoms with van der Waals surface area (Å²) in [6.07, 6.45) is -0.626. The molecular formula is C12H10ClF2NO5. The summed E-state index contributed by atoms with van der Waals surface area (Å²) < 4.78 is 30.2. The van der Waals surface area contributed by atoms with Crippen LogP contribution in [-0.2, 0) is 14.3 Å². The first-order chi connectivity index (χ1) is 9.76. The lowest BCUT2D eigenvalue weighted by atomic mass is 10.1. The number of esters is 1. The minimum Gasteiger partial charge on any atom is -0.480 e. The normalized spacial score (nSPS) is 11.6. The molecule has 0 fully saturated rings. The van der Waals surface area contributed by atoms with Gasteiger partial charge in [-0.15, -0.1) is 0 Å². The number of hydrogen-bond acceptors (Lipinski definition) is 4. The lowest BCUT2D eigenvalue weighted by Gasteiger charge is -2.14. The highest BCUT2D eigenvalue weighted by Crippen LogP contribution is 2.20. The molecule has 0 unspecified atom stereocenters. The molecule has 0 saturated carbocycles. The van der Waals surface area contributed by atoms with E-state index in [-0.39, 0.29) is 0 Å². The topological polar surface area (TPSA) is 92.7 Å². The van der Waals surface area contributed by atoms with Gasteiger partial charge in [0.15, 0.2) is 11.6 Å². The van der Waals surface area contributed by atoms with Crippen molar-refractivity contribution in [2.45, 2.75) is 12.5 Å². The zero-order chi connectivity index (χ0) is 16.2. The molecule has 0 saturated heterocycles. The van der Waals surface area contributed by atoms with Crippen molar-refractivity contribution in [1.29, 1.82) is 0 Å². The smallest absolute Gasteiger partial charge is 0.326 e. The average Bonchev–Trinajstić information content (AvgIpc) is 2.41. The van der Waals surface area contributed by atoms with Gasteiger partial charge < -0.3 is 15.2 Å². The van der Waals surface area contributed by atoms with Gasteiger partial charge in [0.1, 0.15) is 6.04 Å². The number of rotatable bonds is 5. The molecule has 0 aromatic heterocycles. The van der Waals surface area contributed by atoms with E-state index < -0.39 is 52.5 Å². The molecule has 9 heteroatoms. The zero-order valence-corrected chi connectivity index (χ0v) is 11.4. The predicted octanol–water partition coefficient (Wildman–Crippen LogP) is 1.36. The summed E-state index contributed by atoms with van der Waals surface area (Å²) in [6, 6.07) is -0.472. The molecule has 0 heterocycles. The van der Waals surface area contributed by atoms with Crippen molar-refractivity contribution < 1.29 is 33.0 Å². The lowest BCUT2D eigenvalue weighted by molar-refractivity contribution is -0.147. The van der Waals surface area contributed by atoms with Crippen LogP contribution >= 0.6 is 11.6 Å². The Morgan fingerprint density at radius 3 is 2.43 bits per heavy atom. The molecular weight excluding hydrogens is 312 g/mol. The van der Waals surface area contributed by atoms with E-state index in [0.29, 0.717) is 12.1 Å². The number of nitrogens with one attached hydrogen (secondary N) is 1. The van der Waals surface area contributed by atoms with Crippen molar-refractivity contribution in [1.82, 2.24) is 5.32 Å². The summed E-state index contributed by atoms with van der Waals surface area (Å²) >= 11 is 5.59. The maximum Gasteiger partial charge on any atom is 0.326 e. The van der Waals surface area contributed by atoms with Gasteiger partial charge in [-0.2, -0.15) is 0 Å². The molecule has 1 rings (SSSR count). The number of carboxylic acid groups (broad SMARTS) is 1. The number of methoxy groups -OCH3 is 1. The van der Waals surface area contributed by atoms with E-state index >= 15 is 0 Å². The zero-order valence-electron chi connectivity index (χ0n) is 10.7. The number of carbonyl (C=O) groups is 3. The highest BCUT2D eigenvalue weighted by atomic mass is 35.5. The van der Waals surface area contributed by atoms with Gasteiger partial charge in [-0.1, -0.05) is 11.6 Å². The minimum absolute atomic E-state index is 0.395. The van der Waals surface area contributed by atoms with Crippen LogP contribution in [0.4, 0.5) is 8.78 Å². The molecule has 0 radical (unpaired) electrons. The van der Waals surface area contributed by atoms with Crippen molar-refractivity contribution >= 4 is 29.4 Å². The first kappa shape index (κ1) is 16.8. The van der Waals surface area contributed by atoms with E-state index in [1.165, 1.54) is 0 Å². The Hall–Kier alpha value is -2.22. The first-order valence-corrected chi connectivity index (χ1v) is 5.89.